The van der Waals surface area contributed by atoms with Gasteiger partial charge in [-0.2, -0.15) is 0 Å². The number of pyridine rings is 1. The topological polar surface area (TPSA) is 89.0 Å². The van der Waals surface area contributed by atoms with Gasteiger partial charge in [0.25, 0.3) is 0 Å². The first-order valence-corrected chi connectivity index (χ1v) is 6.62. The first-order valence-electron chi connectivity index (χ1n) is 6.62. The van der Waals surface area contributed by atoms with E-state index >= 15 is 0 Å². The van der Waals surface area contributed by atoms with Crippen molar-refractivity contribution in [3.63, 3.8) is 0 Å². The molecule has 7 heteroatoms. The second-order valence-electron chi connectivity index (χ2n) is 5.01. The van der Waals surface area contributed by atoms with Gasteiger partial charge in [0.1, 0.15) is 12.6 Å². The second-order valence-corrected chi connectivity index (χ2v) is 5.01. The number of hydrogen-bond donors (Lipinski definition) is 1. The fourth-order valence-corrected chi connectivity index (χ4v) is 2.45. The van der Waals surface area contributed by atoms with Crippen LogP contribution in [0.1, 0.15) is 25.6 Å². The van der Waals surface area contributed by atoms with Crippen LogP contribution >= 0.6 is 0 Å². The van der Waals surface area contributed by atoms with Crippen LogP contribution in [0.3, 0.4) is 0 Å². The number of morpholine rings is 1. The molecule has 2 rings (SSSR count). The predicted octanol–water partition coefficient (Wildman–Crippen LogP) is 0.852. The normalized spacial score (nSPS) is 22.5. The minimum absolute atomic E-state index is 0.166. The van der Waals surface area contributed by atoms with E-state index in [-0.39, 0.29) is 18.6 Å². The highest BCUT2D eigenvalue weighted by Gasteiger charge is 2.43. The molecule has 2 atom stereocenters. The van der Waals surface area contributed by atoms with Crippen molar-refractivity contribution < 1.29 is 24.2 Å². The molecule has 0 aliphatic carbocycles. The lowest BCUT2D eigenvalue weighted by atomic mass is 10.0. The van der Waals surface area contributed by atoms with Gasteiger partial charge in [-0.05, 0) is 19.9 Å². The highest BCUT2D eigenvalue weighted by atomic mass is 16.5. The van der Waals surface area contributed by atoms with Crippen LogP contribution in [-0.2, 0) is 14.3 Å². The number of carboxylic acids is 1. The fourth-order valence-electron chi connectivity index (χ4n) is 2.45. The summed E-state index contributed by atoms with van der Waals surface area (Å²) in [5.41, 5.74) is 0.434. The molecule has 1 aliphatic rings. The van der Waals surface area contributed by atoms with E-state index in [0.29, 0.717) is 11.6 Å². The van der Waals surface area contributed by atoms with E-state index in [4.69, 9.17) is 9.47 Å². The fraction of sp³-hybridized carbons (Fsp3) is 0.500. The zero-order valence-corrected chi connectivity index (χ0v) is 12.1. The molecule has 1 saturated heterocycles. The molecule has 1 amide bonds. The standard InChI is InChI=1S/C14H18N2O5/c1-8(2)16-11(17)7-21-13(14(18)19)12(16)9-5-4-6-10(15-9)20-3/h4-6,8,12-13H,7H2,1-3H3,(H,18,19). The minimum atomic E-state index is -1.15. The zero-order valence-electron chi connectivity index (χ0n) is 12.1. The Labute approximate surface area is 122 Å². The van der Waals surface area contributed by atoms with Crippen molar-refractivity contribution in [2.45, 2.75) is 32.0 Å². The van der Waals surface area contributed by atoms with Crippen molar-refractivity contribution in [1.29, 1.82) is 0 Å². The highest BCUT2D eigenvalue weighted by molar-refractivity contribution is 5.83. The molecule has 1 aromatic rings. The molecule has 1 fully saturated rings. The molecular weight excluding hydrogens is 276 g/mol. The van der Waals surface area contributed by atoms with E-state index in [9.17, 15) is 14.7 Å². The van der Waals surface area contributed by atoms with Crippen LogP contribution in [-0.4, -0.2) is 52.7 Å². The van der Waals surface area contributed by atoms with Crippen LogP contribution in [0.25, 0.3) is 0 Å². The number of amides is 1. The summed E-state index contributed by atoms with van der Waals surface area (Å²) in [6.07, 6.45) is -1.15. The summed E-state index contributed by atoms with van der Waals surface area (Å²) in [6, 6.07) is 4.09. The molecular formula is C14H18N2O5. The number of carbonyl (C=O) groups excluding carboxylic acids is 1. The molecule has 114 valence electrons. The minimum Gasteiger partial charge on any atom is -0.481 e. The van der Waals surface area contributed by atoms with Gasteiger partial charge in [0.05, 0.1) is 12.8 Å². The van der Waals surface area contributed by atoms with Gasteiger partial charge in [0, 0.05) is 12.1 Å². The monoisotopic (exact) mass is 294 g/mol. The van der Waals surface area contributed by atoms with E-state index in [1.807, 2.05) is 13.8 Å². The van der Waals surface area contributed by atoms with Gasteiger partial charge in [-0.15, -0.1) is 0 Å². The number of aliphatic carboxylic acids is 1. The van der Waals surface area contributed by atoms with Crippen LogP contribution < -0.4 is 4.74 Å². The maximum Gasteiger partial charge on any atom is 0.335 e. The predicted molar refractivity (Wildman–Crippen MR) is 72.9 cm³/mol. The summed E-state index contributed by atoms with van der Waals surface area (Å²) < 4.78 is 10.3. The van der Waals surface area contributed by atoms with E-state index in [1.165, 1.54) is 12.0 Å². The Bertz CT molecular complexity index is 546. The van der Waals surface area contributed by atoms with E-state index in [1.54, 1.807) is 18.2 Å². The third-order valence-electron chi connectivity index (χ3n) is 3.32. The van der Waals surface area contributed by atoms with Crippen molar-refractivity contribution in [2.75, 3.05) is 13.7 Å². The lowest BCUT2D eigenvalue weighted by Gasteiger charge is -2.41. The van der Waals surface area contributed by atoms with Crippen molar-refractivity contribution in [3.8, 4) is 5.88 Å². The molecule has 1 N–H and O–H groups in total. The summed E-state index contributed by atoms with van der Waals surface area (Å²) in [5.74, 6) is -1.02. The molecule has 1 aliphatic heterocycles. The molecule has 1 aromatic heterocycles. The van der Waals surface area contributed by atoms with Crippen molar-refractivity contribution in [2.24, 2.45) is 0 Å². The number of carboxylic acid groups (broad SMARTS) is 1. The number of ether oxygens (including phenoxy) is 2. The van der Waals surface area contributed by atoms with Crippen LogP contribution in [0.4, 0.5) is 0 Å². The van der Waals surface area contributed by atoms with E-state index in [2.05, 4.69) is 4.98 Å². The molecule has 0 saturated carbocycles. The van der Waals surface area contributed by atoms with Gasteiger partial charge in [0.2, 0.25) is 11.8 Å². The number of methoxy groups -OCH3 is 1. The molecule has 7 nitrogen and oxygen atoms in total. The Morgan fingerprint density at radius 2 is 2.24 bits per heavy atom. The Hall–Kier alpha value is -2.15. The number of aromatic nitrogens is 1. The van der Waals surface area contributed by atoms with Gasteiger partial charge in [-0.3, -0.25) is 4.79 Å². The number of nitrogens with zero attached hydrogens (tertiary/aromatic N) is 2. The smallest absolute Gasteiger partial charge is 0.335 e. The molecule has 0 aromatic carbocycles. The number of hydrogen-bond acceptors (Lipinski definition) is 5. The molecule has 2 unspecified atom stereocenters. The first-order chi connectivity index (χ1) is 9.95. The third kappa shape index (κ3) is 2.97. The number of rotatable bonds is 4. The lowest BCUT2D eigenvalue weighted by Crippen LogP contribution is -2.54. The number of carbonyl (C=O) groups is 2. The molecule has 21 heavy (non-hydrogen) atoms. The van der Waals surface area contributed by atoms with E-state index < -0.39 is 18.1 Å². The molecule has 0 spiro atoms. The van der Waals surface area contributed by atoms with Gasteiger partial charge < -0.3 is 19.5 Å². The van der Waals surface area contributed by atoms with Crippen LogP contribution in [0, 0.1) is 0 Å². The summed E-state index contributed by atoms with van der Waals surface area (Å²) >= 11 is 0. The molecule has 0 bridgehead atoms. The second kappa shape index (κ2) is 6.09. The summed E-state index contributed by atoms with van der Waals surface area (Å²) in [7, 11) is 1.48. The molecule has 2 heterocycles. The van der Waals surface area contributed by atoms with Crippen molar-refractivity contribution in [3.05, 3.63) is 23.9 Å². The van der Waals surface area contributed by atoms with Gasteiger partial charge in [0.15, 0.2) is 6.10 Å². The Kier molecular flexibility index (Phi) is 4.42. The average Bonchev–Trinajstić information content (AvgIpc) is 2.46. The summed E-state index contributed by atoms with van der Waals surface area (Å²) in [6.45, 7) is 3.42. The van der Waals surface area contributed by atoms with Crippen LogP contribution in [0.5, 0.6) is 5.88 Å². The Balaban J connectivity index is 2.48. The van der Waals surface area contributed by atoms with Gasteiger partial charge in [-0.1, -0.05) is 6.07 Å². The SMILES string of the molecule is COc1cccc(C2C(C(=O)O)OCC(=O)N2C(C)C)n1. The van der Waals surface area contributed by atoms with Gasteiger partial charge >= 0.3 is 5.97 Å². The summed E-state index contributed by atoms with van der Waals surface area (Å²) in [4.78, 5) is 29.3. The quantitative estimate of drug-likeness (QED) is 0.885. The Morgan fingerprint density at radius 1 is 1.52 bits per heavy atom. The van der Waals surface area contributed by atoms with Crippen LogP contribution in [0.2, 0.25) is 0 Å². The lowest BCUT2D eigenvalue weighted by molar-refractivity contribution is -0.175. The van der Waals surface area contributed by atoms with E-state index in [0.717, 1.165) is 0 Å². The highest BCUT2D eigenvalue weighted by Crippen LogP contribution is 2.31. The largest absolute Gasteiger partial charge is 0.481 e. The van der Waals surface area contributed by atoms with Gasteiger partial charge in [-0.25, -0.2) is 9.78 Å². The first kappa shape index (κ1) is 15.2. The molecule has 0 radical (unpaired) electrons. The average molecular weight is 294 g/mol. The third-order valence-corrected chi connectivity index (χ3v) is 3.32. The maximum absolute atomic E-state index is 12.1. The summed E-state index contributed by atoms with van der Waals surface area (Å²) in [5, 5.41) is 9.36. The Morgan fingerprint density at radius 3 is 2.81 bits per heavy atom. The zero-order chi connectivity index (χ0) is 15.6. The van der Waals surface area contributed by atoms with Crippen molar-refractivity contribution in [1.82, 2.24) is 9.88 Å². The van der Waals surface area contributed by atoms with Crippen LogP contribution in [0.15, 0.2) is 18.2 Å². The van der Waals surface area contributed by atoms with Crippen molar-refractivity contribution >= 4 is 11.9 Å². The maximum atomic E-state index is 12.1.